The lowest BCUT2D eigenvalue weighted by molar-refractivity contribution is -0.143. The molecule has 1 fully saturated rings. The van der Waals surface area contributed by atoms with Crippen LogP contribution in [0.15, 0.2) is 12.1 Å². The molecule has 0 unspecified atom stereocenters. The van der Waals surface area contributed by atoms with Gasteiger partial charge in [-0.1, -0.05) is 20.8 Å². The maximum atomic E-state index is 12.9. The highest BCUT2D eigenvalue weighted by Crippen LogP contribution is 2.37. The second kappa shape index (κ2) is 7.11. The Morgan fingerprint density at radius 3 is 2.59 bits per heavy atom. The van der Waals surface area contributed by atoms with Gasteiger partial charge >= 0.3 is 0 Å². The number of anilines is 1. The van der Waals surface area contributed by atoms with Gasteiger partial charge in [0, 0.05) is 31.4 Å². The van der Waals surface area contributed by atoms with Gasteiger partial charge in [0.1, 0.15) is 9.71 Å². The smallest absolute Gasteiger partial charge is 0.265 e. The molecule has 1 aliphatic rings. The zero-order valence-corrected chi connectivity index (χ0v) is 17.5. The first-order chi connectivity index (χ1) is 12.6. The van der Waals surface area contributed by atoms with Crippen molar-refractivity contribution in [3.05, 3.63) is 22.7 Å². The number of thiophene rings is 1. The first-order valence-electron chi connectivity index (χ1n) is 9.33. The van der Waals surface area contributed by atoms with E-state index in [1.807, 2.05) is 37.8 Å². The quantitative estimate of drug-likeness (QED) is 0.851. The second-order valence-corrected chi connectivity index (χ2v) is 9.39. The number of pyridine rings is 1. The van der Waals surface area contributed by atoms with E-state index in [2.05, 4.69) is 0 Å². The molecular weight excluding hydrogens is 360 g/mol. The van der Waals surface area contributed by atoms with Crippen molar-refractivity contribution in [3.63, 3.8) is 0 Å². The summed E-state index contributed by atoms with van der Waals surface area (Å²) in [6.45, 7) is 6.63. The molecular formula is C20H28N4O2S. The van der Waals surface area contributed by atoms with E-state index in [1.165, 1.54) is 16.2 Å². The average Bonchev–Trinajstić information content (AvgIpc) is 2.95. The minimum atomic E-state index is -0.418. The summed E-state index contributed by atoms with van der Waals surface area (Å²) in [4.78, 5) is 34.8. The van der Waals surface area contributed by atoms with Crippen LogP contribution in [0.2, 0.25) is 0 Å². The van der Waals surface area contributed by atoms with Gasteiger partial charge < -0.3 is 15.5 Å². The van der Waals surface area contributed by atoms with Crippen LogP contribution in [0.25, 0.3) is 10.2 Å². The third-order valence-corrected chi connectivity index (χ3v) is 6.07. The molecule has 2 aromatic rings. The number of piperidine rings is 1. The van der Waals surface area contributed by atoms with E-state index in [1.54, 1.807) is 14.1 Å². The third-order valence-electron chi connectivity index (χ3n) is 4.96. The summed E-state index contributed by atoms with van der Waals surface area (Å²) < 4.78 is 0. The number of nitrogens with two attached hydrogens (primary N) is 1. The minimum Gasteiger partial charge on any atom is -0.397 e. The van der Waals surface area contributed by atoms with Crippen molar-refractivity contribution in [1.82, 2.24) is 14.8 Å². The number of nitrogens with zero attached hydrogens (tertiary/aromatic N) is 3. The molecule has 3 rings (SSSR count). The molecule has 0 saturated carbocycles. The first-order valence-corrected chi connectivity index (χ1v) is 10.1. The van der Waals surface area contributed by atoms with E-state index < -0.39 is 5.41 Å². The molecule has 1 aliphatic heterocycles. The molecule has 1 saturated heterocycles. The number of hydrogen-bond donors (Lipinski definition) is 1. The van der Waals surface area contributed by atoms with Crippen LogP contribution < -0.4 is 5.73 Å². The van der Waals surface area contributed by atoms with E-state index in [0.717, 1.165) is 41.7 Å². The van der Waals surface area contributed by atoms with Crippen molar-refractivity contribution in [2.75, 3.05) is 26.4 Å². The van der Waals surface area contributed by atoms with Gasteiger partial charge in [0.25, 0.3) is 5.91 Å². The summed E-state index contributed by atoms with van der Waals surface area (Å²) in [5, 5.41) is 0.804. The maximum absolute atomic E-state index is 12.9. The number of rotatable bonds is 2. The fraction of sp³-hybridized carbons (Fsp3) is 0.550. The molecule has 2 N–H and O–H groups in total. The summed E-state index contributed by atoms with van der Waals surface area (Å²) in [6.07, 6.45) is 3.01. The normalized spacial score (nSPS) is 18.0. The Morgan fingerprint density at radius 2 is 1.96 bits per heavy atom. The number of aromatic nitrogens is 1. The van der Waals surface area contributed by atoms with Crippen molar-refractivity contribution in [2.24, 2.45) is 5.41 Å². The van der Waals surface area contributed by atoms with E-state index in [0.29, 0.717) is 10.6 Å². The predicted molar refractivity (Wildman–Crippen MR) is 110 cm³/mol. The van der Waals surface area contributed by atoms with Crippen molar-refractivity contribution in [3.8, 4) is 0 Å². The molecule has 0 spiro atoms. The van der Waals surface area contributed by atoms with Crippen molar-refractivity contribution in [1.29, 1.82) is 0 Å². The van der Waals surface area contributed by atoms with Gasteiger partial charge in [0.2, 0.25) is 5.91 Å². The van der Waals surface area contributed by atoms with Gasteiger partial charge in [0.05, 0.1) is 17.4 Å². The molecule has 0 aliphatic carbocycles. The monoisotopic (exact) mass is 388 g/mol. The Bertz CT molecular complexity index is 882. The number of carbonyl (C=O) groups is 2. The van der Waals surface area contributed by atoms with Gasteiger partial charge in [0.15, 0.2) is 0 Å². The fourth-order valence-corrected chi connectivity index (χ4v) is 4.59. The van der Waals surface area contributed by atoms with Crippen molar-refractivity contribution < 1.29 is 9.59 Å². The standard InChI is InChI=1S/C20H28N4O2S/c1-20(2,3)19(26)24-11-7-6-8-14(24)13-10-9-12-15(21)16(18(25)23(4)5)27-17(12)22-13/h9-10,14H,6-8,11,21H2,1-5H3/t14-/m0/s1. The van der Waals surface area contributed by atoms with Gasteiger partial charge in [-0.25, -0.2) is 4.98 Å². The van der Waals surface area contributed by atoms with Crippen LogP contribution in [0.4, 0.5) is 5.69 Å². The Labute approximate surface area is 164 Å². The van der Waals surface area contributed by atoms with Gasteiger partial charge in [-0.15, -0.1) is 11.3 Å². The first kappa shape index (κ1) is 19.6. The van der Waals surface area contributed by atoms with E-state index in [-0.39, 0.29) is 17.9 Å². The van der Waals surface area contributed by atoms with Crippen molar-refractivity contribution in [2.45, 2.75) is 46.1 Å². The fourth-order valence-electron chi connectivity index (χ4n) is 3.47. The summed E-state index contributed by atoms with van der Waals surface area (Å²) in [6, 6.07) is 3.87. The highest BCUT2D eigenvalue weighted by molar-refractivity contribution is 7.21. The SMILES string of the molecule is CN(C)C(=O)c1sc2nc([C@@H]3CCCCN3C(=O)C(C)(C)C)ccc2c1N. The van der Waals surface area contributed by atoms with Crippen LogP contribution in [-0.2, 0) is 4.79 Å². The summed E-state index contributed by atoms with van der Waals surface area (Å²) >= 11 is 1.32. The average molecular weight is 389 g/mol. The Kier molecular flexibility index (Phi) is 5.16. The Hall–Kier alpha value is -2.15. The zero-order chi connectivity index (χ0) is 19.9. The predicted octanol–water partition coefficient (Wildman–Crippen LogP) is 3.68. The Morgan fingerprint density at radius 1 is 1.26 bits per heavy atom. The molecule has 0 bridgehead atoms. The highest BCUT2D eigenvalue weighted by atomic mass is 32.1. The van der Waals surface area contributed by atoms with Crippen LogP contribution in [0.3, 0.4) is 0 Å². The molecule has 6 nitrogen and oxygen atoms in total. The summed E-state index contributed by atoms with van der Waals surface area (Å²) in [7, 11) is 3.42. The molecule has 3 heterocycles. The molecule has 0 aromatic carbocycles. The summed E-state index contributed by atoms with van der Waals surface area (Å²) in [5.41, 5.74) is 7.14. The third kappa shape index (κ3) is 3.65. The lowest BCUT2D eigenvalue weighted by Gasteiger charge is -2.39. The number of carbonyl (C=O) groups excluding carboxylic acids is 2. The molecule has 27 heavy (non-hydrogen) atoms. The maximum Gasteiger partial charge on any atom is 0.265 e. The molecule has 146 valence electrons. The van der Waals surface area contributed by atoms with Crippen LogP contribution >= 0.6 is 11.3 Å². The van der Waals surface area contributed by atoms with Crippen LogP contribution in [0.1, 0.15) is 61.4 Å². The second-order valence-electron chi connectivity index (χ2n) is 8.39. The number of fused-ring (bicyclic) bond motifs is 1. The zero-order valence-electron chi connectivity index (χ0n) is 16.7. The van der Waals surface area contributed by atoms with Gasteiger partial charge in [-0.2, -0.15) is 0 Å². The molecule has 1 atom stereocenters. The van der Waals surface area contributed by atoms with Gasteiger partial charge in [-0.3, -0.25) is 9.59 Å². The van der Waals surface area contributed by atoms with Crippen LogP contribution in [0.5, 0.6) is 0 Å². The number of amides is 2. The van der Waals surface area contributed by atoms with E-state index in [4.69, 9.17) is 10.7 Å². The lowest BCUT2D eigenvalue weighted by Crippen LogP contribution is -2.44. The van der Waals surface area contributed by atoms with E-state index in [9.17, 15) is 9.59 Å². The molecule has 2 amide bonds. The van der Waals surface area contributed by atoms with Crippen molar-refractivity contribution >= 4 is 39.1 Å². The minimum absolute atomic E-state index is 0.0220. The molecule has 0 radical (unpaired) electrons. The Balaban J connectivity index is 2.00. The number of nitrogen functional groups attached to an aromatic ring is 1. The topological polar surface area (TPSA) is 79.5 Å². The van der Waals surface area contributed by atoms with Crippen LogP contribution in [0, 0.1) is 5.41 Å². The highest BCUT2D eigenvalue weighted by Gasteiger charge is 2.35. The number of hydrogen-bond acceptors (Lipinski definition) is 5. The van der Waals surface area contributed by atoms with E-state index >= 15 is 0 Å². The number of likely N-dealkylation sites (tertiary alicyclic amines) is 1. The van der Waals surface area contributed by atoms with Crippen LogP contribution in [-0.4, -0.2) is 47.2 Å². The molecule has 2 aromatic heterocycles. The molecule has 7 heteroatoms. The largest absolute Gasteiger partial charge is 0.397 e. The summed E-state index contributed by atoms with van der Waals surface area (Å²) in [5.74, 6) is 0.0440. The van der Waals surface area contributed by atoms with Gasteiger partial charge in [-0.05, 0) is 31.4 Å². The lowest BCUT2D eigenvalue weighted by atomic mass is 9.90.